The second-order valence-corrected chi connectivity index (χ2v) is 91.0. The number of esters is 2. The van der Waals surface area contributed by atoms with Crippen LogP contribution in [0.25, 0.3) is 44.5 Å². The van der Waals surface area contributed by atoms with Crippen molar-refractivity contribution < 1.29 is 47.2 Å². The van der Waals surface area contributed by atoms with Crippen LogP contribution < -0.4 is 41.5 Å². The van der Waals surface area contributed by atoms with Crippen LogP contribution in [-0.2, 0) is 37.7 Å². The largest absolute Gasteiger partial charge is 0.455 e. The van der Waals surface area contributed by atoms with Crippen LogP contribution in [0.4, 0.5) is 0 Å². The van der Waals surface area contributed by atoms with E-state index in [2.05, 4.69) is 319 Å². The SMILES string of the molecule is C[SiH](O[Si](C)(C)C)c1ccc(-c2cccc(-c3ccc([SiH](C)O[Si](C)(C)C)c([SiH](C)O[Si](C)(C)C)c3C(=O)OC(=O)c3c(-c4cccc(-c5ccc([SiH](C)O[Si](C)(C)C)c([SiH](C)O[Si](C)(C)C)c5)c4)ccc([SiH](C)O[Si](C)(C)C)c3[SiH](C)O[Si](C)(C)C)c2)cc1[SiH](C)O[Si](C)(C)C. The Kier molecular flexibility index (Phi) is 28.2. The van der Waals surface area contributed by atoms with Crippen molar-refractivity contribution in [2.24, 2.45) is 0 Å². The molecule has 0 saturated carbocycles. The van der Waals surface area contributed by atoms with Crippen molar-refractivity contribution >= 4 is 192 Å². The lowest BCUT2D eigenvalue weighted by Crippen LogP contribution is -2.56. The number of carbonyl (C=O) groups is 2. The highest BCUT2D eigenvalue weighted by atomic mass is 28.4. The maximum Gasteiger partial charge on any atom is 0.346 e. The van der Waals surface area contributed by atoms with E-state index in [-0.39, 0.29) is 0 Å². The molecule has 0 bridgehead atoms. The van der Waals surface area contributed by atoms with Gasteiger partial charge < -0.3 is 37.7 Å². The van der Waals surface area contributed by atoms with Crippen LogP contribution >= 0.6 is 0 Å². The van der Waals surface area contributed by atoms with Crippen molar-refractivity contribution in [3.8, 4) is 44.5 Å². The number of hydrogen-bond acceptors (Lipinski definition) is 11. The van der Waals surface area contributed by atoms with Gasteiger partial charge in [0.25, 0.3) is 0 Å². The number of benzene rings is 6. The Hall–Kier alpha value is -2.39. The minimum absolute atomic E-state index is 0.375. The monoisotopic (exact) mass is 1590 g/mol. The second-order valence-electron chi connectivity index (χ2n) is 34.5. The van der Waals surface area contributed by atoms with E-state index in [9.17, 15) is 0 Å². The fourth-order valence-electron chi connectivity index (χ4n) is 13.4. The Bertz CT molecular complexity index is 3500. The molecule has 532 valence electrons. The smallest absolute Gasteiger partial charge is 0.346 e. The van der Waals surface area contributed by atoms with Crippen LogP contribution in [0, 0.1) is 0 Å². The van der Waals surface area contributed by atoms with E-state index in [4.69, 9.17) is 37.7 Å². The van der Waals surface area contributed by atoms with Crippen molar-refractivity contribution in [1.29, 1.82) is 0 Å². The maximum absolute atomic E-state index is 16.6. The Morgan fingerprint density at radius 1 is 0.247 bits per heavy atom. The first-order chi connectivity index (χ1) is 44.2. The van der Waals surface area contributed by atoms with E-state index >= 15 is 9.59 Å². The number of carbonyl (C=O) groups excluding carboxylic acids is 2. The summed E-state index contributed by atoms with van der Waals surface area (Å²) in [6, 6.07) is 39.4. The van der Waals surface area contributed by atoms with Gasteiger partial charge in [0.2, 0.25) is 0 Å². The molecule has 0 spiro atoms. The summed E-state index contributed by atoms with van der Waals surface area (Å²) in [5.74, 6) is -1.40. The van der Waals surface area contributed by atoms with Crippen molar-refractivity contribution in [1.82, 2.24) is 0 Å². The Labute approximate surface area is 608 Å². The summed E-state index contributed by atoms with van der Waals surface area (Å²) in [6.45, 7) is 72.1. The van der Waals surface area contributed by atoms with Gasteiger partial charge in [-0.2, -0.15) is 0 Å². The molecule has 6 rings (SSSR count). The highest BCUT2D eigenvalue weighted by Gasteiger charge is 2.39. The minimum Gasteiger partial charge on any atom is -0.455 e. The van der Waals surface area contributed by atoms with Gasteiger partial charge in [-0.1, -0.05) is 97.1 Å². The standard InChI is InChI=1S/C70H122O11Si16/c1-82(74-90(9,10)11)59-43-39-53(49-63(59)86(5)78-94(21,22)23)51-35-33-37-55(47-51)57-41-45-61(84(3)76-92(15,16)17)67(88(7)80-96(27,28)29)65(57)69(71)73-70(72)66-58(42-46-62(85(4)77-93(18,19)20)68(66)89(8)81-97(30,31)32)56-38-34-36-52(48-56)54-40-44-60(83(2)75-91(12,13)14)64(50-54)87(6)79-95(24,25)26/h33-50,82-89H,1-32H3. The molecular weight excluding hydrogens is 1470 g/mol. The Morgan fingerprint density at radius 2 is 0.464 bits per heavy atom. The zero-order chi connectivity index (χ0) is 73.3. The highest BCUT2D eigenvalue weighted by molar-refractivity contribution is 6.91. The molecule has 8 atom stereocenters. The Morgan fingerprint density at radius 3 is 0.732 bits per heavy atom. The molecule has 27 heteroatoms. The molecule has 0 aliphatic heterocycles. The van der Waals surface area contributed by atoms with Gasteiger partial charge in [0.15, 0.2) is 139 Å². The molecule has 0 heterocycles. The van der Waals surface area contributed by atoms with Crippen molar-refractivity contribution in [3.63, 3.8) is 0 Å². The van der Waals surface area contributed by atoms with Gasteiger partial charge in [0.05, 0.1) is 11.1 Å². The van der Waals surface area contributed by atoms with Crippen molar-refractivity contribution in [2.75, 3.05) is 0 Å². The molecule has 97 heavy (non-hydrogen) atoms. The van der Waals surface area contributed by atoms with Gasteiger partial charge >= 0.3 is 11.9 Å². The van der Waals surface area contributed by atoms with Crippen LogP contribution in [0.3, 0.4) is 0 Å². The average molecular weight is 1590 g/mol. The molecule has 0 aliphatic rings. The van der Waals surface area contributed by atoms with E-state index in [0.717, 1.165) is 54.1 Å². The van der Waals surface area contributed by atoms with Gasteiger partial charge in [-0.05, 0) is 308 Å². The van der Waals surface area contributed by atoms with E-state index in [1.165, 1.54) is 20.7 Å². The zero-order valence-corrected chi connectivity index (χ0v) is 82.7. The van der Waals surface area contributed by atoms with Gasteiger partial charge in [-0.25, -0.2) is 9.59 Å². The normalized spacial score (nSPS) is 15.7. The molecule has 0 radical (unpaired) electrons. The third kappa shape index (κ3) is 24.9. The number of hydrogen-bond donors (Lipinski definition) is 0. The van der Waals surface area contributed by atoms with E-state index in [0.29, 0.717) is 22.3 Å². The topological polar surface area (TPSA) is 117 Å². The molecule has 0 aromatic heterocycles. The lowest BCUT2D eigenvalue weighted by Gasteiger charge is -2.31. The molecule has 8 unspecified atom stereocenters. The summed E-state index contributed by atoms with van der Waals surface area (Å²) in [6.07, 6.45) is 0. The molecule has 6 aromatic rings. The lowest BCUT2D eigenvalue weighted by molar-refractivity contribution is 0.0400. The summed E-state index contributed by atoms with van der Waals surface area (Å²) in [7, 11) is -33.0. The lowest BCUT2D eigenvalue weighted by atomic mass is 9.95. The minimum atomic E-state index is -2.50. The molecule has 0 fully saturated rings. The van der Waals surface area contributed by atoms with Gasteiger partial charge in [-0.15, -0.1) is 0 Å². The fourth-order valence-corrected chi connectivity index (χ4v) is 65.1. The summed E-state index contributed by atoms with van der Waals surface area (Å²) in [4.78, 5) is 33.1. The van der Waals surface area contributed by atoms with Crippen molar-refractivity contribution in [2.45, 2.75) is 210 Å². The third-order valence-electron chi connectivity index (χ3n) is 16.0. The molecule has 0 amide bonds. The number of rotatable bonds is 30. The third-order valence-corrected chi connectivity index (χ3v) is 62.5. The van der Waals surface area contributed by atoms with E-state index < -0.39 is 151 Å². The zero-order valence-electron chi connectivity index (χ0n) is 65.5. The molecule has 0 aliphatic carbocycles. The first-order valence-corrected chi connectivity index (χ1v) is 80.1. The van der Waals surface area contributed by atoms with Gasteiger partial charge in [0, 0.05) is 0 Å². The first kappa shape index (κ1) is 83.6. The first-order valence-electron chi connectivity index (χ1n) is 35.2. The van der Waals surface area contributed by atoms with Crippen LogP contribution in [0.5, 0.6) is 0 Å². The summed E-state index contributed by atoms with van der Waals surface area (Å²) < 4.78 is 63.4. The molecule has 0 saturated heterocycles. The van der Waals surface area contributed by atoms with Crippen LogP contribution in [0.1, 0.15) is 20.7 Å². The predicted molar refractivity (Wildman–Crippen MR) is 461 cm³/mol. The quantitative estimate of drug-likeness (QED) is 0.0244. The van der Waals surface area contributed by atoms with Crippen LogP contribution in [-0.4, -0.2) is 151 Å². The molecule has 0 N–H and O–H groups in total. The van der Waals surface area contributed by atoms with Gasteiger partial charge in [0.1, 0.15) is 0 Å². The predicted octanol–water partition coefficient (Wildman–Crippen LogP) is 12.6. The summed E-state index contributed by atoms with van der Waals surface area (Å²) >= 11 is 0. The molecular formula is C70H122O11Si16. The van der Waals surface area contributed by atoms with E-state index in [1.807, 2.05) is 0 Å². The van der Waals surface area contributed by atoms with Crippen LogP contribution in [0.15, 0.2) is 109 Å². The summed E-state index contributed by atoms with van der Waals surface area (Å²) in [5, 5.41) is 9.00. The highest BCUT2D eigenvalue weighted by Crippen LogP contribution is 2.33. The maximum atomic E-state index is 16.6. The summed E-state index contributed by atoms with van der Waals surface area (Å²) in [5.41, 5.74) is 7.99. The molecule has 6 aromatic carbocycles. The fraction of sp³-hybridized carbons (Fsp3) is 0.457. The van der Waals surface area contributed by atoms with Crippen molar-refractivity contribution in [3.05, 3.63) is 120 Å². The molecule has 11 nitrogen and oxygen atoms in total. The van der Waals surface area contributed by atoms with Crippen LogP contribution in [0.2, 0.25) is 210 Å². The van der Waals surface area contributed by atoms with E-state index in [1.54, 1.807) is 0 Å². The number of ether oxygens (including phenoxy) is 1. The average Bonchev–Trinajstić information content (AvgIpc) is 0.764. The second kappa shape index (κ2) is 32.7. The Balaban J connectivity index is 1.69. The van der Waals surface area contributed by atoms with Gasteiger partial charge in [-0.3, -0.25) is 0 Å².